The van der Waals surface area contributed by atoms with Crippen molar-refractivity contribution in [3.63, 3.8) is 0 Å². The van der Waals surface area contributed by atoms with Crippen LogP contribution < -0.4 is 0 Å². The molecule has 66 valence electrons. The van der Waals surface area contributed by atoms with Crippen LogP contribution in [0, 0.1) is 17.2 Å². The minimum Gasteiger partial charge on any atom is -0.329 e. The third-order valence-corrected chi connectivity index (χ3v) is 1.99. The molecule has 0 aromatic carbocycles. The van der Waals surface area contributed by atoms with E-state index in [1.165, 1.54) is 0 Å². The van der Waals surface area contributed by atoms with Gasteiger partial charge >= 0.3 is 0 Å². The fraction of sp³-hybridized carbons (Fsp3) is 0.778. The summed E-state index contributed by atoms with van der Waals surface area (Å²) in [4.78, 5) is 13.1. The first-order chi connectivity index (χ1) is 5.79. The van der Waals surface area contributed by atoms with Crippen molar-refractivity contribution in [2.24, 2.45) is 5.92 Å². The molecular formula is C9H14N2O. The molecule has 0 radical (unpaired) electrons. The van der Waals surface area contributed by atoms with Crippen LogP contribution in [-0.2, 0) is 4.79 Å². The molecule has 3 nitrogen and oxygen atoms in total. The first kappa shape index (κ1) is 9.05. The van der Waals surface area contributed by atoms with Crippen molar-refractivity contribution in [3.8, 4) is 6.07 Å². The maximum Gasteiger partial charge on any atom is 0.226 e. The van der Waals surface area contributed by atoms with Gasteiger partial charge in [0.1, 0.15) is 6.54 Å². The Hall–Kier alpha value is -1.04. The number of carbonyl (C=O) groups excluding carboxylic acids is 1. The lowest BCUT2D eigenvalue weighted by Crippen LogP contribution is -2.33. The van der Waals surface area contributed by atoms with Gasteiger partial charge in [-0.2, -0.15) is 5.26 Å². The Morgan fingerprint density at radius 1 is 1.67 bits per heavy atom. The molecule has 0 aromatic rings. The van der Waals surface area contributed by atoms with E-state index in [1.54, 1.807) is 4.90 Å². The summed E-state index contributed by atoms with van der Waals surface area (Å²) in [7, 11) is 0. The number of hydrogen-bond acceptors (Lipinski definition) is 2. The first-order valence-electron chi connectivity index (χ1n) is 4.45. The summed E-state index contributed by atoms with van der Waals surface area (Å²) < 4.78 is 0. The number of carbonyl (C=O) groups is 1. The van der Waals surface area contributed by atoms with E-state index in [4.69, 9.17) is 5.26 Å². The van der Waals surface area contributed by atoms with Gasteiger partial charge in [0.15, 0.2) is 0 Å². The van der Waals surface area contributed by atoms with Gasteiger partial charge in [-0.3, -0.25) is 4.79 Å². The standard InChI is InChI=1S/C9H14N2O/c1-2-6-11(7-5-10)9(12)8-3-4-8/h8H,2-4,6-7H2,1H3. The van der Waals surface area contributed by atoms with Crippen molar-refractivity contribution in [1.82, 2.24) is 4.90 Å². The summed E-state index contributed by atoms with van der Waals surface area (Å²) in [6.45, 7) is 3.00. The van der Waals surface area contributed by atoms with E-state index < -0.39 is 0 Å². The third-order valence-electron chi connectivity index (χ3n) is 1.99. The normalized spacial score (nSPS) is 15.3. The van der Waals surface area contributed by atoms with Gasteiger partial charge in [-0.1, -0.05) is 6.92 Å². The molecule has 1 amide bonds. The Balaban J connectivity index is 2.40. The molecule has 0 N–H and O–H groups in total. The second kappa shape index (κ2) is 4.10. The molecule has 1 rings (SSSR count). The maximum atomic E-state index is 11.5. The molecule has 0 saturated heterocycles. The summed E-state index contributed by atoms with van der Waals surface area (Å²) >= 11 is 0. The summed E-state index contributed by atoms with van der Waals surface area (Å²) in [5.74, 6) is 0.420. The molecule has 1 saturated carbocycles. The van der Waals surface area contributed by atoms with Crippen molar-refractivity contribution < 1.29 is 4.79 Å². The van der Waals surface area contributed by atoms with E-state index in [0.29, 0.717) is 0 Å². The summed E-state index contributed by atoms with van der Waals surface area (Å²) in [5, 5.41) is 8.47. The van der Waals surface area contributed by atoms with Gasteiger partial charge in [-0.25, -0.2) is 0 Å². The summed E-state index contributed by atoms with van der Waals surface area (Å²) in [5.41, 5.74) is 0. The zero-order valence-electron chi connectivity index (χ0n) is 7.42. The SMILES string of the molecule is CCCN(CC#N)C(=O)C1CC1. The molecular weight excluding hydrogens is 152 g/mol. The summed E-state index contributed by atoms with van der Waals surface area (Å²) in [6, 6.07) is 2.02. The molecule has 3 heteroatoms. The highest BCUT2D eigenvalue weighted by atomic mass is 16.2. The molecule has 0 heterocycles. The predicted molar refractivity (Wildman–Crippen MR) is 45.2 cm³/mol. The Kier molecular flexibility index (Phi) is 3.09. The van der Waals surface area contributed by atoms with Gasteiger partial charge < -0.3 is 4.90 Å². The average Bonchev–Trinajstić information content (AvgIpc) is 2.85. The number of nitrogens with zero attached hydrogens (tertiary/aromatic N) is 2. The molecule has 1 aliphatic carbocycles. The predicted octanol–water partition coefficient (Wildman–Crippen LogP) is 1.16. The van der Waals surface area contributed by atoms with Crippen LogP contribution in [0.5, 0.6) is 0 Å². The minimum absolute atomic E-state index is 0.179. The molecule has 0 unspecified atom stereocenters. The smallest absolute Gasteiger partial charge is 0.226 e. The second-order valence-electron chi connectivity index (χ2n) is 3.19. The average molecular weight is 166 g/mol. The number of amides is 1. The Morgan fingerprint density at radius 3 is 2.75 bits per heavy atom. The van der Waals surface area contributed by atoms with E-state index in [9.17, 15) is 4.79 Å². The number of nitriles is 1. The van der Waals surface area contributed by atoms with Crippen LogP contribution in [0.3, 0.4) is 0 Å². The highest BCUT2D eigenvalue weighted by Gasteiger charge is 2.32. The van der Waals surface area contributed by atoms with Crippen molar-refractivity contribution in [1.29, 1.82) is 5.26 Å². The van der Waals surface area contributed by atoms with Crippen molar-refractivity contribution in [3.05, 3.63) is 0 Å². The fourth-order valence-electron chi connectivity index (χ4n) is 1.21. The van der Waals surface area contributed by atoms with Gasteiger partial charge in [0.25, 0.3) is 0 Å². The van der Waals surface area contributed by atoms with Crippen molar-refractivity contribution >= 4 is 5.91 Å². The molecule has 1 aliphatic rings. The van der Waals surface area contributed by atoms with Crippen molar-refractivity contribution in [2.45, 2.75) is 26.2 Å². The summed E-state index contributed by atoms with van der Waals surface area (Å²) in [6.07, 6.45) is 2.97. The van der Waals surface area contributed by atoms with Crippen LogP contribution in [-0.4, -0.2) is 23.9 Å². The first-order valence-corrected chi connectivity index (χ1v) is 4.45. The van der Waals surface area contributed by atoms with Gasteiger partial charge in [-0.15, -0.1) is 0 Å². The molecule has 1 fully saturated rings. The van der Waals surface area contributed by atoms with E-state index in [-0.39, 0.29) is 18.4 Å². The lowest BCUT2D eigenvalue weighted by Gasteiger charge is -2.17. The highest BCUT2D eigenvalue weighted by Crippen LogP contribution is 2.30. The van der Waals surface area contributed by atoms with E-state index in [0.717, 1.165) is 25.8 Å². The second-order valence-corrected chi connectivity index (χ2v) is 3.19. The van der Waals surface area contributed by atoms with Gasteiger partial charge in [0.2, 0.25) is 5.91 Å². The maximum absolute atomic E-state index is 11.5. The van der Waals surface area contributed by atoms with Crippen LogP contribution in [0.25, 0.3) is 0 Å². The van der Waals surface area contributed by atoms with Crippen LogP contribution in [0.1, 0.15) is 26.2 Å². The van der Waals surface area contributed by atoms with Crippen LogP contribution in [0.15, 0.2) is 0 Å². The molecule has 0 aromatic heterocycles. The van der Waals surface area contributed by atoms with Crippen LogP contribution in [0.2, 0.25) is 0 Å². The van der Waals surface area contributed by atoms with Crippen LogP contribution in [0.4, 0.5) is 0 Å². The molecule has 0 spiro atoms. The van der Waals surface area contributed by atoms with Gasteiger partial charge in [0.05, 0.1) is 6.07 Å². The fourth-order valence-corrected chi connectivity index (χ4v) is 1.21. The zero-order chi connectivity index (χ0) is 8.97. The lowest BCUT2D eigenvalue weighted by atomic mass is 10.3. The van der Waals surface area contributed by atoms with Crippen molar-refractivity contribution in [2.75, 3.05) is 13.1 Å². The number of hydrogen-bond donors (Lipinski definition) is 0. The minimum atomic E-state index is 0.179. The van der Waals surface area contributed by atoms with E-state index in [2.05, 4.69) is 0 Å². The lowest BCUT2D eigenvalue weighted by molar-refractivity contribution is -0.131. The topological polar surface area (TPSA) is 44.1 Å². The monoisotopic (exact) mass is 166 g/mol. The van der Waals surface area contributed by atoms with Gasteiger partial charge in [-0.05, 0) is 19.3 Å². The van der Waals surface area contributed by atoms with E-state index in [1.807, 2.05) is 13.0 Å². The highest BCUT2D eigenvalue weighted by molar-refractivity contribution is 5.81. The van der Waals surface area contributed by atoms with Gasteiger partial charge in [0, 0.05) is 12.5 Å². The Morgan fingerprint density at radius 2 is 2.33 bits per heavy atom. The van der Waals surface area contributed by atoms with E-state index >= 15 is 0 Å². The third kappa shape index (κ3) is 2.23. The molecule has 0 atom stereocenters. The zero-order valence-corrected chi connectivity index (χ0v) is 7.42. The molecule has 0 aliphatic heterocycles. The Bertz CT molecular complexity index is 203. The molecule has 0 bridgehead atoms. The van der Waals surface area contributed by atoms with Crippen LogP contribution >= 0.6 is 0 Å². The quantitative estimate of drug-likeness (QED) is 0.588. The largest absolute Gasteiger partial charge is 0.329 e. The Labute approximate surface area is 73.0 Å². The molecule has 12 heavy (non-hydrogen) atoms. The number of rotatable bonds is 4.